The number of hydrogen-bond donors (Lipinski definition) is 1. The number of rotatable bonds is 2. The van der Waals surface area contributed by atoms with E-state index in [-0.39, 0.29) is 6.61 Å². The number of hydrogen-bond acceptors (Lipinski definition) is 3. The highest BCUT2D eigenvalue weighted by molar-refractivity contribution is 5.38. The van der Waals surface area contributed by atoms with Crippen LogP contribution in [0.1, 0.15) is 5.56 Å². The second kappa shape index (κ2) is 5.20. The molecular formula is C10H11NO2. The maximum atomic E-state index is 5.00. The van der Waals surface area contributed by atoms with Crippen molar-refractivity contribution in [1.29, 1.82) is 0 Å². The van der Waals surface area contributed by atoms with Crippen LogP contribution in [0.3, 0.4) is 0 Å². The Morgan fingerprint density at radius 1 is 1.31 bits per heavy atom. The summed E-state index contributed by atoms with van der Waals surface area (Å²) in [5.74, 6) is 11.3. The molecule has 0 aliphatic carbocycles. The molecule has 0 fully saturated rings. The Hall–Kier alpha value is -1.50. The SMILES string of the molecule is COc1ccc(C#CCON)cc1. The fourth-order valence-corrected chi connectivity index (χ4v) is 0.854. The maximum absolute atomic E-state index is 5.00. The zero-order valence-corrected chi connectivity index (χ0v) is 7.41. The van der Waals surface area contributed by atoms with Crippen molar-refractivity contribution in [2.45, 2.75) is 0 Å². The molecule has 0 aromatic heterocycles. The first-order valence-corrected chi connectivity index (χ1v) is 3.81. The molecule has 1 rings (SSSR count). The number of methoxy groups -OCH3 is 1. The first-order valence-electron chi connectivity index (χ1n) is 3.81. The normalized spacial score (nSPS) is 8.77. The van der Waals surface area contributed by atoms with E-state index in [1.165, 1.54) is 0 Å². The quantitative estimate of drug-likeness (QED) is 0.540. The fraction of sp³-hybridized carbons (Fsp3) is 0.200. The lowest BCUT2D eigenvalue weighted by Gasteiger charge is -1.97. The second-order valence-corrected chi connectivity index (χ2v) is 2.34. The highest BCUT2D eigenvalue weighted by Crippen LogP contribution is 2.09. The molecule has 0 unspecified atom stereocenters. The van der Waals surface area contributed by atoms with Crippen molar-refractivity contribution in [1.82, 2.24) is 0 Å². The largest absolute Gasteiger partial charge is 0.497 e. The van der Waals surface area contributed by atoms with Crippen LogP contribution in [0.15, 0.2) is 24.3 Å². The van der Waals surface area contributed by atoms with E-state index in [2.05, 4.69) is 16.7 Å². The summed E-state index contributed by atoms with van der Waals surface area (Å²) >= 11 is 0. The van der Waals surface area contributed by atoms with Crippen molar-refractivity contribution in [2.75, 3.05) is 13.7 Å². The van der Waals surface area contributed by atoms with Gasteiger partial charge in [-0.3, -0.25) is 4.84 Å². The molecule has 0 spiro atoms. The van der Waals surface area contributed by atoms with Crippen molar-refractivity contribution in [3.8, 4) is 17.6 Å². The van der Waals surface area contributed by atoms with Crippen molar-refractivity contribution < 1.29 is 9.57 Å². The third-order valence-corrected chi connectivity index (χ3v) is 1.48. The Balaban J connectivity index is 2.65. The molecule has 0 radical (unpaired) electrons. The van der Waals surface area contributed by atoms with E-state index in [0.717, 1.165) is 11.3 Å². The van der Waals surface area contributed by atoms with Crippen LogP contribution in [0.25, 0.3) is 0 Å². The summed E-state index contributed by atoms with van der Waals surface area (Å²) in [6.45, 7) is 0.242. The smallest absolute Gasteiger partial charge is 0.129 e. The van der Waals surface area contributed by atoms with Gasteiger partial charge in [-0.25, -0.2) is 5.90 Å². The molecule has 1 aromatic carbocycles. The van der Waals surface area contributed by atoms with Crippen LogP contribution in [0.5, 0.6) is 5.75 Å². The summed E-state index contributed by atoms with van der Waals surface area (Å²) in [7, 11) is 1.63. The molecule has 2 N–H and O–H groups in total. The van der Waals surface area contributed by atoms with Gasteiger partial charge in [-0.1, -0.05) is 11.8 Å². The molecule has 0 bridgehead atoms. The number of nitrogens with two attached hydrogens (primary N) is 1. The Morgan fingerprint density at radius 3 is 2.54 bits per heavy atom. The van der Waals surface area contributed by atoms with Gasteiger partial charge in [0.05, 0.1) is 7.11 Å². The standard InChI is InChI=1S/C10H11NO2/c1-12-10-6-4-9(5-7-10)3-2-8-13-11/h4-7H,8,11H2,1H3. The van der Waals surface area contributed by atoms with E-state index in [9.17, 15) is 0 Å². The van der Waals surface area contributed by atoms with Gasteiger partial charge in [-0.2, -0.15) is 0 Å². The third-order valence-electron chi connectivity index (χ3n) is 1.48. The second-order valence-electron chi connectivity index (χ2n) is 2.34. The van der Waals surface area contributed by atoms with Gasteiger partial charge in [0.2, 0.25) is 0 Å². The van der Waals surface area contributed by atoms with E-state index in [1.54, 1.807) is 7.11 Å². The minimum atomic E-state index is 0.242. The minimum Gasteiger partial charge on any atom is -0.497 e. The van der Waals surface area contributed by atoms with Gasteiger partial charge >= 0.3 is 0 Å². The van der Waals surface area contributed by atoms with Gasteiger partial charge < -0.3 is 4.74 Å². The van der Waals surface area contributed by atoms with Crippen LogP contribution in [0.4, 0.5) is 0 Å². The fourth-order valence-electron chi connectivity index (χ4n) is 0.854. The van der Waals surface area contributed by atoms with Gasteiger partial charge in [-0.05, 0) is 24.3 Å². The maximum Gasteiger partial charge on any atom is 0.129 e. The van der Waals surface area contributed by atoms with Crippen molar-refractivity contribution in [3.05, 3.63) is 29.8 Å². The predicted octanol–water partition coefficient (Wildman–Crippen LogP) is 0.937. The molecular weight excluding hydrogens is 166 g/mol. The van der Waals surface area contributed by atoms with Crippen LogP contribution >= 0.6 is 0 Å². The van der Waals surface area contributed by atoms with Gasteiger partial charge in [0, 0.05) is 5.56 Å². The molecule has 0 amide bonds. The van der Waals surface area contributed by atoms with E-state index in [4.69, 9.17) is 10.6 Å². The third kappa shape index (κ3) is 3.16. The van der Waals surface area contributed by atoms with Crippen LogP contribution in [0, 0.1) is 11.8 Å². The molecule has 3 heteroatoms. The summed E-state index contributed by atoms with van der Waals surface area (Å²) < 4.78 is 5.00. The van der Waals surface area contributed by atoms with Crippen molar-refractivity contribution in [2.24, 2.45) is 5.90 Å². The molecule has 3 nitrogen and oxygen atoms in total. The summed E-state index contributed by atoms with van der Waals surface area (Å²) in [5, 5.41) is 0. The van der Waals surface area contributed by atoms with Gasteiger partial charge in [0.15, 0.2) is 0 Å². The topological polar surface area (TPSA) is 44.5 Å². The van der Waals surface area contributed by atoms with E-state index in [0.29, 0.717) is 0 Å². The van der Waals surface area contributed by atoms with Gasteiger partial charge in [-0.15, -0.1) is 0 Å². The van der Waals surface area contributed by atoms with E-state index in [1.807, 2.05) is 24.3 Å². The molecule has 0 aliphatic heterocycles. The lowest BCUT2D eigenvalue weighted by atomic mass is 10.2. The van der Waals surface area contributed by atoms with Gasteiger partial charge in [0.25, 0.3) is 0 Å². The lowest BCUT2D eigenvalue weighted by molar-refractivity contribution is 0.173. The van der Waals surface area contributed by atoms with Crippen LogP contribution < -0.4 is 10.6 Å². The first-order chi connectivity index (χ1) is 6.36. The molecule has 68 valence electrons. The van der Waals surface area contributed by atoms with Crippen molar-refractivity contribution in [3.63, 3.8) is 0 Å². The van der Waals surface area contributed by atoms with E-state index < -0.39 is 0 Å². The molecule has 1 aromatic rings. The Labute approximate surface area is 77.4 Å². The first kappa shape index (κ1) is 9.59. The molecule has 0 heterocycles. The van der Waals surface area contributed by atoms with Crippen LogP contribution in [-0.2, 0) is 4.84 Å². The summed E-state index contributed by atoms with van der Waals surface area (Å²) in [4.78, 5) is 4.31. The van der Waals surface area contributed by atoms with Gasteiger partial charge in [0.1, 0.15) is 12.4 Å². The van der Waals surface area contributed by atoms with Crippen LogP contribution in [-0.4, -0.2) is 13.7 Å². The summed E-state index contributed by atoms with van der Waals surface area (Å²) in [5.41, 5.74) is 0.915. The Kier molecular flexibility index (Phi) is 3.83. The molecule has 0 atom stereocenters. The molecule has 13 heavy (non-hydrogen) atoms. The Bertz CT molecular complexity index is 308. The highest BCUT2D eigenvalue weighted by Gasteiger charge is 1.88. The minimum absolute atomic E-state index is 0.242. The zero-order valence-electron chi connectivity index (χ0n) is 7.41. The predicted molar refractivity (Wildman–Crippen MR) is 50.0 cm³/mol. The Morgan fingerprint density at radius 2 is 2.00 bits per heavy atom. The molecule has 0 aliphatic rings. The van der Waals surface area contributed by atoms with E-state index >= 15 is 0 Å². The zero-order chi connectivity index (χ0) is 9.52. The molecule has 0 saturated carbocycles. The lowest BCUT2D eigenvalue weighted by Crippen LogP contribution is -1.97. The number of ether oxygens (including phenoxy) is 1. The summed E-state index contributed by atoms with van der Waals surface area (Å²) in [6.07, 6.45) is 0. The molecule has 0 saturated heterocycles. The number of benzene rings is 1. The van der Waals surface area contributed by atoms with Crippen molar-refractivity contribution >= 4 is 0 Å². The summed E-state index contributed by atoms with van der Waals surface area (Å²) in [6, 6.07) is 7.46. The average Bonchev–Trinajstić information content (AvgIpc) is 2.19. The van der Waals surface area contributed by atoms with Crippen LogP contribution in [0.2, 0.25) is 0 Å². The highest BCUT2D eigenvalue weighted by atomic mass is 16.6. The average molecular weight is 177 g/mol. The monoisotopic (exact) mass is 177 g/mol.